The summed E-state index contributed by atoms with van der Waals surface area (Å²) in [6, 6.07) is 3.09. The SMILES string of the molecule is CC1(C)OC2=C3C[C@H](c4c(O)ccc(Cl)c4Cl)CN3C(=O)CC2O1. The van der Waals surface area contributed by atoms with E-state index in [1.54, 1.807) is 11.0 Å². The van der Waals surface area contributed by atoms with Crippen molar-refractivity contribution in [2.45, 2.75) is 44.5 Å². The second-order valence-corrected chi connectivity index (χ2v) is 7.61. The Morgan fingerprint density at radius 2 is 2.04 bits per heavy atom. The summed E-state index contributed by atoms with van der Waals surface area (Å²) >= 11 is 12.4. The maximum atomic E-state index is 12.5. The first-order valence-electron chi connectivity index (χ1n) is 7.84. The number of carbonyl (C=O) groups is 1. The Balaban J connectivity index is 1.75. The quantitative estimate of drug-likeness (QED) is 0.818. The summed E-state index contributed by atoms with van der Waals surface area (Å²) in [5.74, 6) is -0.0570. The van der Waals surface area contributed by atoms with Crippen LogP contribution in [-0.2, 0) is 14.3 Å². The summed E-state index contributed by atoms with van der Waals surface area (Å²) in [6.07, 6.45) is 0.482. The van der Waals surface area contributed by atoms with Crippen molar-refractivity contribution in [1.82, 2.24) is 4.90 Å². The van der Waals surface area contributed by atoms with Gasteiger partial charge in [0.1, 0.15) is 17.6 Å². The van der Waals surface area contributed by atoms with Crippen LogP contribution < -0.4 is 0 Å². The Kier molecular flexibility index (Phi) is 3.53. The molecule has 1 unspecified atom stereocenters. The van der Waals surface area contributed by atoms with Crippen molar-refractivity contribution in [3.63, 3.8) is 0 Å². The molecule has 24 heavy (non-hydrogen) atoms. The maximum absolute atomic E-state index is 12.5. The molecule has 0 bridgehead atoms. The first-order chi connectivity index (χ1) is 11.3. The zero-order chi connectivity index (χ0) is 17.2. The number of phenols is 1. The molecular formula is C17H17Cl2NO4. The van der Waals surface area contributed by atoms with E-state index in [1.165, 1.54) is 6.07 Å². The summed E-state index contributed by atoms with van der Waals surface area (Å²) in [5.41, 5.74) is 1.40. The lowest BCUT2D eigenvalue weighted by Crippen LogP contribution is -2.36. The van der Waals surface area contributed by atoms with Gasteiger partial charge < -0.3 is 19.5 Å². The first kappa shape index (κ1) is 16.1. The zero-order valence-electron chi connectivity index (χ0n) is 13.3. The van der Waals surface area contributed by atoms with Gasteiger partial charge in [-0.1, -0.05) is 23.2 Å². The first-order valence-corrected chi connectivity index (χ1v) is 8.59. The average molecular weight is 370 g/mol. The van der Waals surface area contributed by atoms with Crippen LogP contribution in [0.5, 0.6) is 5.75 Å². The zero-order valence-corrected chi connectivity index (χ0v) is 14.8. The third-order valence-electron chi connectivity index (χ3n) is 4.71. The minimum atomic E-state index is -0.739. The molecule has 128 valence electrons. The predicted octanol–water partition coefficient (Wildman–Crippen LogP) is 3.78. The molecule has 0 aliphatic carbocycles. The van der Waals surface area contributed by atoms with Crippen LogP contribution in [0.3, 0.4) is 0 Å². The molecule has 0 aromatic heterocycles. The molecule has 2 atom stereocenters. The Morgan fingerprint density at radius 3 is 2.79 bits per heavy atom. The molecule has 2 fully saturated rings. The fourth-order valence-corrected chi connectivity index (χ4v) is 4.24. The Bertz CT molecular complexity index is 774. The van der Waals surface area contributed by atoms with E-state index >= 15 is 0 Å². The molecule has 1 aromatic rings. The number of ether oxygens (including phenoxy) is 2. The Morgan fingerprint density at radius 1 is 1.29 bits per heavy atom. The number of halogens is 2. The molecule has 2 saturated heterocycles. The highest BCUT2D eigenvalue weighted by atomic mass is 35.5. The van der Waals surface area contributed by atoms with Crippen molar-refractivity contribution in [3.8, 4) is 5.75 Å². The van der Waals surface area contributed by atoms with E-state index in [2.05, 4.69) is 0 Å². The summed E-state index contributed by atoms with van der Waals surface area (Å²) in [5, 5.41) is 10.9. The van der Waals surface area contributed by atoms with E-state index in [9.17, 15) is 9.90 Å². The third-order valence-corrected chi connectivity index (χ3v) is 5.53. The number of carbonyl (C=O) groups excluding carboxylic acids is 1. The molecule has 0 saturated carbocycles. The standard InChI is InChI=1S/C17H17Cl2NO4/c1-17(2)23-12-6-13(22)20-7-8(5-10(20)16(12)24-17)14-11(21)4-3-9(18)15(14)19/h3-4,8,12,21H,5-7H2,1-2H3/t8-,12?/m0/s1. The molecule has 3 aliphatic rings. The second-order valence-electron chi connectivity index (χ2n) is 6.82. The van der Waals surface area contributed by atoms with Crippen molar-refractivity contribution in [2.24, 2.45) is 0 Å². The van der Waals surface area contributed by atoms with Gasteiger partial charge in [-0.15, -0.1) is 0 Å². The van der Waals surface area contributed by atoms with Crippen LogP contribution in [0.2, 0.25) is 10.0 Å². The molecule has 4 rings (SSSR count). The van der Waals surface area contributed by atoms with Gasteiger partial charge in [-0.2, -0.15) is 0 Å². The topological polar surface area (TPSA) is 59.0 Å². The molecule has 1 amide bonds. The van der Waals surface area contributed by atoms with Crippen molar-refractivity contribution in [3.05, 3.63) is 39.2 Å². The lowest BCUT2D eigenvalue weighted by molar-refractivity contribution is -0.141. The molecular weight excluding hydrogens is 353 g/mol. The monoisotopic (exact) mass is 369 g/mol. The van der Waals surface area contributed by atoms with E-state index in [0.717, 1.165) is 11.5 Å². The van der Waals surface area contributed by atoms with Gasteiger partial charge in [-0.3, -0.25) is 4.79 Å². The molecule has 0 radical (unpaired) electrons. The number of rotatable bonds is 1. The van der Waals surface area contributed by atoms with Gasteiger partial charge in [0, 0.05) is 31.9 Å². The summed E-state index contributed by atoms with van der Waals surface area (Å²) in [6.45, 7) is 4.11. The number of phenolic OH excluding ortho intramolecular Hbond substituents is 1. The Hall–Kier alpha value is -1.43. The molecule has 1 N–H and O–H groups in total. The summed E-state index contributed by atoms with van der Waals surface area (Å²) < 4.78 is 11.7. The summed E-state index contributed by atoms with van der Waals surface area (Å²) in [4.78, 5) is 14.2. The third kappa shape index (κ3) is 2.38. The number of benzene rings is 1. The van der Waals surface area contributed by atoms with Gasteiger partial charge in [-0.25, -0.2) is 0 Å². The van der Waals surface area contributed by atoms with E-state index in [1.807, 2.05) is 13.8 Å². The lowest BCUT2D eigenvalue weighted by atomic mass is 9.96. The minimum Gasteiger partial charge on any atom is -0.508 e. The van der Waals surface area contributed by atoms with Crippen LogP contribution in [0.25, 0.3) is 0 Å². The lowest BCUT2D eigenvalue weighted by Gasteiger charge is -2.26. The van der Waals surface area contributed by atoms with Gasteiger partial charge in [0.05, 0.1) is 22.2 Å². The normalized spacial score (nSPS) is 28.0. The molecule has 0 spiro atoms. The molecule has 3 aliphatic heterocycles. The average Bonchev–Trinajstić information content (AvgIpc) is 3.04. The van der Waals surface area contributed by atoms with E-state index < -0.39 is 5.79 Å². The molecule has 7 heteroatoms. The number of hydrogen-bond donors (Lipinski definition) is 1. The van der Waals surface area contributed by atoms with Crippen LogP contribution in [0, 0.1) is 0 Å². The highest BCUT2D eigenvalue weighted by molar-refractivity contribution is 6.42. The van der Waals surface area contributed by atoms with Crippen molar-refractivity contribution >= 4 is 29.1 Å². The Labute approximate surface area is 149 Å². The van der Waals surface area contributed by atoms with Crippen LogP contribution >= 0.6 is 23.2 Å². The fourth-order valence-electron chi connectivity index (χ4n) is 3.76. The second kappa shape index (κ2) is 5.28. The van der Waals surface area contributed by atoms with Gasteiger partial charge in [0.25, 0.3) is 0 Å². The number of hydrogen-bond acceptors (Lipinski definition) is 4. The van der Waals surface area contributed by atoms with Crippen molar-refractivity contribution in [1.29, 1.82) is 0 Å². The van der Waals surface area contributed by atoms with Crippen LogP contribution in [0.15, 0.2) is 23.6 Å². The van der Waals surface area contributed by atoms with Gasteiger partial charge in [0.15, 0.2) is 0 Å². The number of fused-ring (bicyclic) bond motifs is 2. The van der Waals surface area contributed by atoms with Crippen LogP contribution in [-0.4, -0.2) is 34.3 Å². The van der Waals surface area contributed by atoms with E-state index in [-0.39, 0.29) is 30.1 Å². The van der Waals surface area contributed by atoms with Gasteiger partial charge in [0.2, 0.25) is 11.7 Å². The molecule has 5 nitrogen and oxygen atoms in total. The molecule has 3 heterocycles. The van der Waals surface area contributed by atoms with E-state index in [0.29, 0.717) is 28.6 Å². The number of aromatic hydroxyl groups is 1. The van der Waals surface area contributed by atoms with Crippen molar-refractivity contribution in [2.75, 3.05) is 6.54 Å². The summed E-state index contributed by atoms with van der Waals surface area (Å²) in [7, 11) is 0. The highest BCUT2D eigenvalue weighted by Gasteiger charge is 2.49. The minimum absolute atomic E-state index is 0.000176. The van der Waals surface area contributed by atoms with E-state index in [4.69, 9.17) is 32.7 Å². The maximum Gasteiger partial charge on any atom is 0.229 e. The molecule has 1 aromatic carbocycles. The van der Waals surface area contributed by atoms with Crippen LogP contribution in [0.1, 0.15) is 38.2 Å². The number of allylic oxidation sites excluding steroid dienone is 1. The smallest absolute Gasteiger partial charge is 0.229 e. The van der Waals surface area contributed by atoms with Gasteiger partial charge >= 0.3 is 0 Å². The van der Waals surface area contributed by atoms with Gasteiger partial charge in [-0.05, 0) is 18.6 Å². The predicted molar refractivity (Wildman–Crippen MR) is 88.9 cm³/mol. The van der Waals surface area contributed by atoms with Crippen molar-refractivity contribution < 1.29 is 19.4 Å². The number of nitrogens with zero attached hydrogens (tertiary/aromatic N) is 1. The largest absolute Gasteiger partial charge is 0.508 e. The van der Waals surface area contributed by atoms with Crippen LogP contribution in [0.4, 0.5) is 0 Å². The number of amides is 1. The fraction of sp³-hybridized carbons (Fsp3) is 0.471. The highest BCUT2D eigenvalue weighted by Crippen LogP contribution is 2.49.